The van der Waals surface area contributed by atoms with Crippen molar-refractivity contribution in [2.75, 3.05) is 13.1 Å². The van der Waals surface area contributed by atoms with E-state index in [1.165, 1.54) is 0 Å². The molecule has 9 heteroatoms. The highest BCUT2D eigenvalue weighted by atomic mass is 32.2. The minimum atomic E-state index is -3.53. The van der Waals surface area contributed by atoms with Crippen molar-refractivity contribution in [1.82, 2.24) is 14.3 Å². The van der Waals surface area contributed by atoms with Crippen LogP contribution in [0.3, 0.4) is 0 Å². The molecule has 6 rings (SSSR count). The van der Waals surface area contributed by atoms with Gasteiger partial charge in [0.1, 0.15) is 5.65 Å². The third kappa shape index (κ3) is 2.84. The van der Waals surface area contributed by atoms with E-state index in [4.69, 9.17) is 4.65 Å². The topological polar surface area (TPSA) is 95.5 Å². The van der Waals surface area contributed by atoms with Crippen LogP contribution in [0.15, 0.2) is 53.7 Å². The molecule has 0 bridgehead atoms. The molecular weight excluding hydrogens is 413 g/mol. The van der Waals surface area contributed by atoms with Crippen molar-refractivity contribution in [3.05, 3.63) is 54.4 Å². The van der Waals surface area contributed by atoms with Crippen molar-refractivity contribution in [1.29, 1.82) is 0 Å². The van der Waals surface area contributed by atoms with Gasteiger partial charge in [-0.3, -0.25) is 0 Å². The Kier molecular flexibility index (Phi) is 4.18. The molecule has 3 aromatic rings. The fourth-order valence-electron chi connectivity index (χ4n) is 6.08. The van der Waals surface area contributed by atoms with E-state index in [2.05, 4.69) is 9.97 Å². The smallest absolute Gasteiger partial charge is 0.423 e. The van der Waals surface area contributed by atoms with E-state index in [1.807, 2.05) is 18.3 Å². The fraction of sp³-hybridized carbons (Fsp3) is 0.409. The van der Waals surface area contributed by atoms with E-state index < -0.39 is 22.7 Å². The van der Waals surface area contributed by atoms with Gasteiger partial charge in [0, 0.05) is 36.3 Å². The molecule has 2 spiro atoms. The number of sulfonamides is 1. The highest BCUT2D eigenvalue weighted by Crippen LogP contribution is 2.57. The number of nitrogens with zero attached hydrogens (tertiary/aromatic N) is 2. The van der Waals surface area contributed by atoms with Crippen LogP contribution in [0.25, 0.3) is 11.0 Å². The SMILES string of the molecule is O=S(=O)(c1ccccc1)N1CCCC2(CCC3(C2)OB(O)c2cnc4[nH]ccc4c23)C1. The molecule has 1 saturated carbocycles. The summed E-state index contributed by atoms with van der Waals surface area (Å²) in [5.74, 6) is 0. The van der Waals surface area contributed by atoms with Gasteiger partial charge in [-0.05, 0) is 61.3 Å². The molecule has 1 saturated heterocycles. The Balaban J connectivity index is 1.36. The third-order valence-corrected chi connectivity index (χ3v) is 9.26. The Morgan fingerprint density at radius 2 is 2.00 bits per heavy atom. The quantitative estimate of drug-likeness (QED) is 0.599. The molecule has 31 heavy (non-hydrogen) atoms. The molecule has 4 heterocycles. The summed E-state index contributed by atoms with van der Waals surface area (Å²) in [4.78, 5) is 7.91. The molecule has 0 radical (unpaired) electrons. The first-order chi connectivity index (χ1) is 14.9. The first-order valence-electron chi connectivity index (χ1n) is 10.8. The van der Waals surface area contributed by atoms with Gasteiger partial charge in [-0.15, -0.1) is 0 Å². The van der Waals surface area contributed by atoms with Crippen LogP contribution in [-0.4, -0.2) is 47.9 Å². The van der Waals surface area contributed by atoms with Gasteiger partial charge >= 0.3 is 7.12 Å². The highest BCUT2D eigenvalue weighted by Gasteiger charge is 2.58. The Bertz CT molecular complexity index is 1260. The van der Waals surface area contributed by atoms with Gasteiger partial charge in [0.2, 0.25) is 10.0 Å². The number of fused-ring (bicyclic) bond motifs is 4. The average Bonchev–Trinajstić information content (AvgIpc) is 3.45. The van der Waals surface area contributed by atoms with Crippen LogP contribution in [0, 0.1) is 5.41 Å². The van der Waals surface area contributed by atoms with Crippen molar-refractivity contribution in [3.8, 4) is 0 Å². The largest absolute Gasteiger partial charge is 0.493 e. The Hall–Kier alpha value is -2.20. The van der Waals surface area contributed by atoms with E-state index in [9.17, 15) is 13.4 Å². The zero-order valence-corrected chi connectivity index (χ0v) is 17.9. The second kappa shape index (κ2) is 6.65. The zero-order valence-electron chi connectivity index (χ0n) is 17.1. The molecule has 160 valence electrons. The summed E-state index contributed by atoms with van der Waals surface area (Å²) in [5, 5.41) is 11.6. The van der Waals surface area contributed by atoms with Crippen LogP contribution < -0.4 is 5.46 Å². The summed E-state index contributed by atoms with van der Waals surface area (Å²) >= 11 is 0. The number of piperidine rings is 1. The number of rotatable bonds is 2. The minimum absolute atomic E-state index is 0.159. The lowest BCUT2D eigenvalue weighted by Crippen LogP contribution is -2.45. The van der Waals surface area contributed by atoms with Crippen molar-refractivity contribution in [2.45, 2.75) is 42.6 Å². The van der Waals surface area contributed by atoms with Gasteiger partial charge in [-0.2, -0.15) is 4.31 Å². The normalized spacial score (nSPS) is 28.7. The molecule has 2 aromatic heterocycles. The van der Waals surface area contributed by atoms with Crippen molar-refractivity contribution in [2.24, 2.45) is 5.41 Å². The molecule has 2 atom stereocenters. The van der Waals surface area contributed by atoms with Crippen molar-refractivity contribution < 1.29 is 18.1 Å². The van der Waals surface area contributed by atoms with E-state index in [0.29, 0.717) is 24.4 Å². The molecule has 7 nitrogen and oxygen atoms in total. The molecule has 3 aliphatic rings. The first-order valence-corrected chi connectivity index (χ1v) is 12.2. The molecule has 2 N–H and O–H groups in total. The number of pyridine rings is 1. The number of aromatic amines is 1. The van der Waals surface area contributed by atoms with Crippen LogP contribution in [0.5, 0.6) is 0 Å². The van der Waals surface area contributed by atoms with Crippen LogP contribution in [0.1, 0.15) is 37.7 Å². The standard InChI is InChI=1S/C22H24BN3O4S/c27-23-18-13-25-20-17(7-11-24-20)19(18)22(30-23)10-9-21(14-22)8-4-12-26(15-21)31(28,29)16-5-2-1-3-6-16/h1-3,5-7,11,13,27H,4,8-10,12,14-15H2,(H,24,25). The molecule has 1 aliphatic carbocycles. The second-order valence-electron chi connectivity index (χ2n) is 9.22. The highest BCUT2D eigenvalue weighted by molar-refractivity contribution is 7.89. The van der Waals surface area contributed by atoms with Crippen LogP contribution in [-0.2, 0) is 20.3 Å². The summed E-state index contributed by atoms with van der Waals surface area (Å²) in [6.07, 6.45) is 7.69. The molecule has 2 aliphatic heterocycles. The van der Waals surface area contributed by atoms with Gasteiger partial charge in [-0.25, -0.2) is 13.4 Å². The van der Waals surface area contributed by atoms with E-state index in [-0.39, 0.29) is 5.41 Å². The Morgan fingerprint density at radius 1 is 1.16 bits per heavy atom. The lowest BCUT2D eigenvalue weighted by atomic mass is 9.75. The lowest BCUT2D eigenvalue weighted by molar-refractivity contribution is 0.0419. The third-order valence-electron chi connectivity index (χ3n) is 7.40. The predicted molar refractivity (Wildman–Crippen MR) is 117 cm³/mol. The summed E-state index contributed by atoms with van der Waals surface area (Å²) in [5.41, 5.74) is 1.78. The number of benzene rings is 1. The van der Waals surface area contributed by atoms with Crippen molar-refractivity contribution in [3.63, 3.8) is 0 Å². The maximum absolute atomic E-state index is 13.3. The van der Waals surface area contributed by atoms with Crippen LogP contribution >= 0.6 is 0 Å². The number of aromatic nitrogens is 2. The zero-order chi connectivity index (χ0) is 21.3. The number of H-pyrrole nitrogens is 1. The number of hydrogen-bond acceptors (Lipinski definition) is 5. The van der Waals surface area contributed by atoms with E-state index in [1.54, 1.807) is 34.8 Å². The summed E-state index contributed by atoms with van der Waals surface area (Å²) in [6, 6.07) is 10.7. The van der Waals surface area contributed by atoms with Gasteiger partial charge in [0.25, 0.3) is 0 Å². The number of hydrogen-bond donors (Lipinski definition) is 2. The Labute approximate surface area is 181 Å². The number of nitrogens with one attached hydrogen (secondary N) is 1. The van der Waals surface area contributed by atoms with Gasteiger partial charge in [-0.1, -0.05) is 18.2 Å². The summed E-state index contributed by atoms with van der Waals surface area (Å²) in [6.45, 7) is 1.03. The second-order valence-corrected chi connectivity index (χ2v) is 11.2. The van der Waals surface area contributed by atoms with Gasteiger partial charge in [0.05, 0.1) is 10.5 Å². The fourth-order valence-corrected chi connectivity index (χ4v) is 7.69. The maximum Gasteiger partial charge on any atom is 0.493 e. The van der Waals surface area contributed by atoms with Gasteiger partial charge in [0.15, 0.2) is 0 Å². The first kappa shape index (κ1) is 19.5. The molecular formula is C22H24BN3O4S. The summed E-state index contributed by atoms with van der Waals surface area (Å²) in [7, 11) is -4.53. The molecule has 2 fully saturated rings. The van der Waals surface area contributed by atoms with Crippen molar-refractivity contribution >= 4 is 33.6 Å². The average molecular weight is 437 g/mol. The monoisotopic (exact) mass is 437 g/mol. The van der Waals surface area contributed by atoms with E-state index >= 15 is 0 Å². The van der Waals surface area contributed by atoms with Gasteiger partial charge < -0.3 is 14.7 Å². The predicted octanol–water partition coefficient (Wildman–Crippen LogP) is 2.13. The lowest BCUT2D eigenvalue weighted by Gasteiger charge is -2.41. The minimum Gasteiger partial charge on any atom is -0.423 e. The molecule has 1 aromatic carbocycles. The molecule has 0 amide bonds. The molecule has 2 unspecified atom stereocenters. The summed E-state index contributed by atoms with van der Waals surface area (Å²) < 4.78 is 34.4. The Morgan fingerprint density at radius 3 is 2.84 bits per heavy atom. The van der Waals surface area contributed by atoms with E-state index in [0.717, 1.165) is 47.7 Å². The van der Waals surface area contributed by atoms with Crippen LogP contribution in [0.4, 0.5) is 0 Å². The maximum atomic E-state index is 13.3. The van der Waals surface area contributed by atoms with Crippen LogP contribution in [0.2, 0.25) is 0 Å².